The van der Waals surface area contributed by atoms with Gasteiger partial charge in [0.25, 0.3) is 5.91 Å². The van der Waals surface area contributed by atoms with Crippen LogP contribution >= 0.6 is 22.9 Å². The number of aromatic nitrogens is 3. The van der Waals surface area contributed by atoms with Crippen molar-refractivity contribution in [3.8, 4) is 0 Å². The summed E-state index contributed by atoms with van der Waals surface area (Å²) in [6.45, 7) is 3.97. The van der Waals surface area contributed by atoms with E-state index < -0.39 is 6.56 Å². The van der Waals surface area contributed by atoms with Gasteiger partial charge in [-0.25, -0.2) is 15.0 Å². The Hall–Kier alpha value is -2.79. The average molecular weight is 490 g/mol. The summed E-state index contributed by atoms with van der Waals surface area (Å²) >= 11 is 7.42. The van der Waals surface area contributed by atoms with Crippen molar-refractivity contribution < 1.29 is 12.6 Å². The van der Waals surface area contributed by atoms with E-state index in [9.17, 15) is 9.90 Å². The number of para-hydroxylation sites is 1. The van der Waals surface area contributed by atoms with E-state index in [0.29, 0.717) is 58.5 Å². The Labute approximate surface area is 204 Å². The van der Waals surface area contributed by atoms with Crippen molar-refractivity contribution in [1.29, 1.82) is 0 Å². The van der Waals surface area contributed by atoms with Crippen molar-refractivity contribution in [3.63, 3.8) is 0 Å². The lowest BCUT2D eigenvalue weighted by atomic mass is 10.2. The van der Waals surface area contributed by atoms with Crippen LogP contribution in [-0.2, 0) is 0 Å². The smallest absolute Gasteiger partial charge is 0.267 e. The molecule has 9 nitrogen and oxygen atoms in total. The molecule has 33 heavy (non-hydrogen) atoms. The van der Waals surface area contributed by atoms with E-state index in [0.717, 1.165) is 11.4 Å². The molecule has 3 N–H and O–H groups in total. The molecule has 0 spiro atoms. The molecule has 2 aromatic heterocycles. The quantitative estimate of drug-likeness (QED) is 0.464. The van der Waals surface area contributed by atoms with Crippen LogP contribution in [0.4, 0.5) is 22.5 Å². The highest BCUT2D eigenvalue weighted by molar-refractivity contribution is 7.17. The number of aryl methyl sites for hydroxylation is 2. The minimum atomic E-state index is -2.21. The molecule has 1 aromatic carbocycles. The molecular weight excluding hydrogens is 462 g/mol. The Morgan fingerprint density at radius 1 is 1.27 bits per heavy atom. The number of β-amino-alcohol motifs (C(OH)–C–C–N with tert-alkyl or cyclic N) is 1. The summed E-state index contributed by atoms with van der Waals surface area (Å²) in [5.41, 5.74) is 1.45. The van der Waals surface area contributed by atoms with Gasteiger partial charge in [-0.1, -0.05) is 35.1 Å². The number of piperazine rings is 1. The predicted octanol–water partition coefficient (Wildman–Crippen LogP) is 3.31. The first-order valence-corrected chi connectivity index (χ1v) is 11.6. The number of aliphatic hydroxyl groups is 1. The number of thiazole rings is 1. The van der Waals surface area contributed by atoms with Crippen LogP contribution in [0.15, 0.2) is 30.5 Å². The number of benzene rings is 1. The maximum atomic E-state index is 12.7. The molecule has 3 heterocycles. The lowest BCUT2D eigenvalue weighted by Crippen LogP contribution is -2.47. The molecule has 1 aliphatic rings. The summed E-state index contributed by atoms with van der Waals surface area (Å²) in [4.78, 5) is 30.4. The summed E-state index contributed by atoms with van der Waals surface area (Å²) in [5, 5.41) is 16.4. The molecule has 0 unspecified atom stereocenters. The largest absolute Gasteiger partial charge is 0.395 e. The van der Waals surface area contributed by atoms with Gasteiger partial charge in [0.05, 0.1) is 26.2 Å². The third-order valence-electron chi connectivity index (χ3n) is 5.24. The van der Waals surface area contributed by atoms with E-state index in [4.69, 9.17) is 14.3 Å². The Kier molecular flexibility index (Phi) is 6.57. The second-order valence-electron chi connectivity index (χ2n) is 7.62. The summed E-state index contributed by atoms with van der Waals surface area (Å²) in [6, 6.07) is 7.25. The van der Waals surface area contributed by atoms with E-state index in [2.05, 4.69) is 30.5 Å². The van der Waals surface area contributed by atoms with E-state index >= 15 is 0 Å². The lowest BCUT2D eigenvalue weighted by molar-refractivity contribution is 0.103. The third-order valence-corrected chi connectivity index (χ3v) is 6.47. The molecular formula is C22H26ClN7O2S. The number of anilines is 4. The van der Waals surface area contributed by atoms with E-state index in [1.165, 1.54) is 17.5 Å². The fourth-order valence-corrected chi connectivity index (χ4v) is 4.51. The third kappa shape index (κ3) is 5.77. The fraction of sp³-hybridized carbons (Fsp3) is 0.364. The maximum absolute atomic E-state index is 12.7. The minimum absolute atomic E-state index is 0.0214. The predicted molar refractivity (Wildman–Crippen MR) is 132 cm³/mol. The maximum Gasteiger partial charge on any atom is 0.267 e. The Balaban J connectivity index is 1.41. The topological polar surface area (TPSA) is 107 Å². The van der Waals surface area contributed by atoms with Crippen molar-refractivity contribution in [2.75, 3.05) is 54.8 Å². The standard InChI is InChI=1S/C22H26ClN7O2S/c1-14-4-3-5-16(23)20(14)28-21(32)17-13-24-22(33-17)27-18-12-19(26-15(2)25-18)30-8-6-29(7-9-30)10-11-31/h3-5,12-13,31H,6-11H2,1-2H3,(H,28,32)(H,24,25,26,27)/i11D2. The van der Waals surface area contributed by atoms with Gasteiger partial charge >= 0.3 is 0 Å². The highest BCUT2D eigenvalue weighted by atomic mass is 35.5. The number of nitrogens with one attached hydrogen (secondary N) is 2. The molecule has 0 bridgehead atoms. The fourth-order valence-electron chi connectivity index (χ4n) is 3.52. The van der Waals surface area contributed by atoms with E-state index in [1.54, 1.807) is 13.0 Å². The van der Waals surface area contributed by atoms with Crippen LogP contribution in [0.25, 0.3) is 0 Å². The van der Waals surface area contributed by atoms with Crippen molar-refractivity contribution in [1.82, 2.24) is 19.9 Å². The number of amides is 1. The molecule has 3 aromatic rings. The molecule has 0 aliphatic carbocycles. The first-order chi connectivity index (χ1) is 16.6. The Morgan fingerprint density at radius 2 is 2.06 bits per heavy atom. The molecule has 1 saturated heterocycles. The van der Waals surface area contributed by atoms with Crippen molar-refractivity contribution in [2.45, 2.75) is 13.8 Å². The normalized spacial score (nSPS) is 15.7. The van der Waals surface area contributed by atoms with Crippen LogP contribution < -0.4 is 15.5 Å². The number of carbonyl (C=O) groups excluding carboxylic acids is 1. The average Bonchev–Trinajstić information content (AvgIpc) is 3.24. The van der Waals surface area contributed by atoms with Gasteiger partial charge in [-0.2, -0.15) is 0 Å². The summed E-state index contributed by atoms with van der Waals surface area (Å²) in [7, 11) is 0. The van der Waals surface area contributed by atoms with Gasteiger partial charge in [-0.3, -0.25) is 9.69 Å². The molecule has 1 fully saturated rings. The number of rotatable bonds is 7. The van der Waals surface area contributed by atoms with Gasteiger partial charge in [0.1, 0.15) is 22.3 Å². The molecule has 0 radical (unpaired) electrons. The van der Waals surface area contributed by atoms with Gasteiger partial charge in [-0.05, 0) is 25.5 Å². The summed E-state index contributed by atoms with van der Waals surface area (Å²) in [6.07, 6.45) is 1.50. The van der Waals surface area contributed by atoms with E-state index in [-0.39, 0.29) is 12.5 Å². The second kappa shape index (κ2) is 10.4. The van der Waals surface area contributed by atoms with Crippen molar-refractivity contribution >= 4 is 51.3 Å². The van der Waals surface area contributed by atoms with E-state index in [1.807, 2.05) is 30.0 Å². The van der Waals surface area contributed by atoms with Gasteiger partial charge in [0.15, 0.2) is 5.13 Å². The van der Waals surface area contributed by atoms with Crippen molar-refractivity contribution in [2.24, 2.45) is 0 Å². The van der Waals surface area contributed by atoms with Crippen LogP contribution in [0.5, 0.6) is 0 Å². The van der Waals surface area contributed by atoms with Gasteiger partial charge in [-0.15, -0.1) is 0 Å². The van der Waals surface area contributed by atoms with Crippen LogP contribution in [0.1, 0.15) is 23.8 Å². The zero-order valence-electron chi connectivity index (χ0n) is 20.3. The second-order valence-corrected chi connectivity index (χ2v) is 9.06. The highest BCUT2D eigenvalue weighted by Crippen LogP contribution is 2.28. The number of carbonyl (C=O) groups is 1. The van der Waals surface area contributed by atoms with Crippen LogP contribution in [0, 0.1) is 13.8 Å². The van der Waals surface area contributed by atoms with Crippen LogP contribution in [0.2, 0.25) is 5.02 Å². The van der Waals surface area contributed by atoms with Gasteiger partial charge in [0, 0.05) is 38.8 Å². The zero-order valence-corrected chi connectivity index (χ0v) is 19.9. The summed E-state index contributed by atoms with van der Waals surface area (Å²) in [5.74, 6) is 1.60. The highest BCUT2D eigenvalue weighted by Gasteiger charge is 2.19. The Bertz CT molecular complexity index is 1190. The van der Waals surface area contributed by atoms with Gasteiger partial charge in [0.2, 0.25) is 0 Å². The van der Waals surface area contributed by atoms with Crippen LogP contribution in [-0.4, -0.2) is 70.1 Å². The molecule has 0 saturated carbocycles. The molecule has 1 aliphatic heterocycles. The number of nitrogens with zero attached hydrogens (tertiary/aromatic N) is 5. The molecule has 1 amide bonds. The number of hydrogen-bond acceptors (Lipinski definition) is 9. The molecule has 11 heteroatoms. The van der Waals surface area contributed by atoms with Crippen molar-refractivity contribution in [3.05, 3.63) is 51.7 Å². The molecule has 174 valence electrons. The first-order valence-electron chi connectivity index (χ1n) is 11.4. The zero-order chi connectivity index (χ0) is 25.2. The number of hydrogen-bond donors (Lipinski definition) is 3. The Morgan fingerprint density at radius 3 is 2.79 bits per heavy atom. The minimum Gasteiger partial charge on any atom is -0.395 e. The molecule has 4 rings (SSSR count). The first kappa shape index (κ1) is 20.8. The molecule has 0 atom stereocenters. The SMILES string of the molecule is [2H]C([2H])(O)CN1CCN(c2cc(Nc3ncc(C(=O)Nc4c(C)cccc4Cl)s3)nc(C)n2)CC1. The number of halogens is 1. The van der Waals surface area contributed by atoms with Gasteiger partial charge < -0.3 is 20.6 Å². The monoisotopic (exact) mass is 489 g/mol. The lowest BCUT2D eigenvalue weighted by Gasteiger charge is -2.35. The van der Waals surface area contributed by atoms with Crippen LogP contribution in [0.3, 0.4) is 0 Å². The summed E-state index contributed by atoms with van der Waals surface area (Å²) < 4.78 is 14.7.